The Hall–Kier alpha value is -1.40. The second kappa shape index (κ2) is 5.54. The highest BCUT2D eigenvalue weighted by atomic mass is 32.2. The van der Waals surface area contributed by atoms with Gasteiger partial charge in [-0.3, -0.25) is 0 Å². The molecule has 20 heavy (non-hydrogen) atoms. The molecule has 1 heterocycles. The van der Waals surface area contributed by atoms with Gasteiger partial charge in [0.1, 0.15) is 0 Å². The molecule has 1 aromatic rings. The number of aromatic carboxylic acids is 1. The highest BCUT2D eigenvalue weighted by Gasteiger charge is 2.31. The van der Waals surface area contributed by atoms with Crippen LogP contribution in [0.15, 0.2) is 17.0 Å². The zero-order valence-electron chi connectivity index (χ0n) is 11.5. The monoisotopic (exact) mass is 298 g/mol. The third-order valence-electron chi connectivity index (χ3n) is 3.62. The molecule has 0 amide bonds. The SMILES string of the molecule is Cc1cc(C)c(S(=O)(=O)C2CCCOC2)cc1C(=O)O. The number of carbonyl (C=O) groups is 1. The molecular weight excluding hydrogens is 280 g/mol. The predicted octanol–water partition coefficient (Wildman–Crippen LogP) is 1.95. The zero-order chi connectivity index (χ0) is 14.9. The van der Waals surface area contributed by atoms with E-state index >= 15 is 0 Å². The van der Waals surface area contributed by atoms with Crippen LogP contribution in [-0.2, 0) is 14.6 Å². The molecule has 1 aromatic carbocycles. The van der Waals surface area contributed by atoms with E-state index < -0.39 is 21.1 Å². The summed E-state index contributed by atoms with van der Waals surface area (Å²) in [6, 6.07) is 2.89. The van der Waals surface area contributed by atoms with E-state index in [0.717, 1.165) is 0 Å². The molecule has 110 valence electrons. The Labute approximate surface area is 118 Å². The van der Waals surface area contributed by atoms with Crippen molar-refractivity contribution in [2.24, 2.45) is 0 Å². The van der Waals surface area contributed by atoms with Crippen molar-refractivity contribution in [1.82, 2.24) is 0 Å². The predicted molar refractivity (Wildman–Crippen MR) is 73.9 cm³/mol. The van der Waals surface area contributed by atoms with Crippen molar-refractivity contribution in [2.45, 2.75) is 36.8 Å². The van der Waals surface area contributed by atoms with Gasteiger partial charge in [-0.15, -0.1) is 0 Å². The molecule has 1 atom stereocenters. The van der Waals surface area contributed by atoms with Crippen molar-refractivity contribution in [3.05, 3.63) is 28.8 Å². The van der Waals surface area contributed by atoms with Gasteiger partial charge in [-0.05, 0) is 43.9 Å². The first-order chi connectivity index (χ1) is 9.34. The maximum atomic E-state index is 12.6. The summed E-state index contributed by atoms with van der Waals surface area (Å²) in [7, 11) is -3.55. The van der Waals surface area contributed by atoms with Gasteiger partial charge >= 0.3 is 5.97 Å². The molecule has 0 aromatic heterocycles. The average molecular weight is 298 g/mol. The van der Waals surface area contributed by atoms with Crippen LogP contribution in [-0.4, -0.2) is 38.0 Å². The van der Waals surface area contributed by atoms with Gasteiger partial charge in [0.05, 0.1) is 22.3 Å². The van der Waals surface area contributed by atoms with Gasteiger partial charge in [0, 0.05) is 6.61 Å². The van der Waals surface area contributed by atoms with Crippen LogP contribution in [0, 0.1) is 13.8 Å². The van der Waals surface area contributed by atoms with Gasteiger partial charge in [-0.1, -0.05) is 6.07 Å². The lowest BCUT2D eigenvalue weighted by Gasteiger charge is -2.23. The molecular formula is C14H18O5S. The Morgan fingerprint density at radius 2 is 2.00 bits per heavy atom. The lowest BCUT2D eigenvalue weighted by Crippen LogP contribution is -2.31. The van der Waals surface area contributed by atoms with Crippen LogP contribution in [0.3, 0.4) is 0 Å². The summed E-state index contributed by atoms with van der Waals surface area (Å²) in [5.41, 5.74) is 1.18. The van der Waals surface area contributed by atoms with Gasteiger partial charge in [-0.2, -0.15) is 0 Å². The van der Waals surface area contributed by atoms with Crippen LogP contribution in [0.25, 0.3) is 0 Å². The Morgan fingerprint density at radius 1 is 1.30 bits per heavy atom. The largest absolute Gasteiger partial charge is 0.478 e. The zero-order valence-corrected chi connectivity index (χ0v) is 12.4. The fourth-order valence-electron chi connectivity index (χ4n) is 2.50. The van der Waals surface area contributed by atoms with Crippen molar-refractivity contribution < 1.29 is 23.1 Å². The summed E-state index contributed by atoms with van der Waals surface area (Å²) in [6.45, 7) is 4.11. The van der Waals surface area contributed by atoms with Crippen LogP contribution in [0.1, 0.15) is 34.3 Å². The summed E-state index contributed by atoms with van der Waals surface area (Å²) >= 11 is 0. The molecule has 1 fully saturated rings. The highest BCUT2D eigenvalue weighted by Crippen LogP contribution is 2.27. The Morgan fingerprint density at radius 3 is 2.55 bits per heavy atom. The van der Waals surface area contributed by atoms with E-state index in [0.29, 0.717) is 30.6 Å². The van der Waals surface area contributed by atoms with E-state index in [1.807, 2.05) is 0 Å². The van der Waals surface area contributed by atoms with Crippen LogP contribution in [0.5, 0.6) is 0 Å². The van der Waals surface area contributed by atoms with E-state index in [2.05, 4.69) is 0 Å². The van der Waals surface area contributed by atoms with E-state index in [9.17, 15) is 13.2 Å². The minimum atomic E-state index is -3.55. The second-order valence-corrected chi connectivity index (χ2v) is 7.32. The third kappa shape index (κ3) is 2.71. The molecule has 6 heteroatoms. The normalized spacial score (nSPS) is 19.8. The maximum Gasteiger partial charge on any atom is 0.335 e. The molecule has 0 spiro atoms. The maximum absolute atomic E-state index is 12.6. The topological polar surface area (TPSA) is 80.7 Å². The quantitative estimate of drug-likeness (QED) is 0.922. The second-order valence-electron chi connectivity index (χ2n) is 5.12. The number of hydrogen-bond acceptors (Lipinski definition) is 4. The van der Waals surface area contributed by atoms with Crippen molar-refractivity contribution in [3.8, 4) is 0 Å². The first-order valence-electron chi connectivity index (χ1n) is 6.50. The van der Waals surface area contributed by atoms with E-state index in [-0.39, 0.29) is 17.1 Å². The smallest absolute Gasteiger partial charge is 0.335 e. The Kier molecular flexibility index (Phi) is 4.15. The van der Waals surface area contributed by atoms with E-state index in [4.69, 9.17) is 9.84 Å². The van der Waals surface area contributed by atoms with Crippen molar-refractivity contribution in [3.63, 3.8) is 0 Å². The number of sulfone groups is 1. The van der Waals surface area contributed by atoms with Gasteiger partial charge in [-0.25, -0.2) is 13.2 Å². The number of hydrogen-bond donors (Lipinski definition) is 1. The molecule has 1 unspecified atom stereocenters. The number of ether oxygens (including phenoxy) is 1. The number of aryl methyl sites for hydroxylation is 2. The molecule has 0 aliphatic carbocycles. The number of carboxylic acid groups (broad SMARTS) is 1. The molecule has 0 bridgehead atoms. The number of benzene rings is 1. The molecule has 5 nitrogen and oxygen atoms in total. The average Bonchev–Trinajstić information content (AvgIpc) is 2.39. The summed E-state index contributed by atoms with van der Waals surface area (Å²) < 4.78 is 30.5. The third-order valence-corrected chi connectivity index (χ3v) is 5.92. The van der Waals surface area contributed by atoms with Crippen molar-refractivity contribution in [1.29, 1.82) is 0 Å². The van der Waals surface area contributed by atoms with Crippen molar-refractivity contribution >= 4 is 15.8 Å². The minimum absolute atomic E-state index is 0.0332. The molecule has 1 aliphatic rings. The van der Waals surface area contributed by atoms with E-state index in [1.165, 1.54) is 6.07 Å². The van der Waals surface area contributed by atoms with E-state index in [1.54, 1.807) is 19.9 Å². The van der Waals surface area contributed by atoms with Gasteiger partial charge in [0.25, 0.3) is 0 Å². The van der Waals surface area contributed by atoms with Gasteiger partial charge in [0.15, 0.2) is 9.84 Å². The molecule has 1 saturated heterocycles. The standard InChI is InChI=1S/C14H18O5S/c1-9-6-10(2)13(7-12(9)14(15)16)20(17,18)11-4-3-5-19-8-11/h6-7,11H,3-5,8H2,1-2H3,(H,15,16). The summed E-state index contributed by atoms with van der Waals surface area (Å²) in [6.07, 6.45) is 1.26. The molecule has 0 radical (unpaired) electrons. The fraction of sp³-hybridized carbons (Fsp3) is 0.500. The fourth-order valence-corrected chi connectivity index (χ4v) is 4.41. The Bertz CT molecular complexity index is 627. The minimum Gasteiger partial charge on any atom is -0.478 e. The van der Waals surface area contributed by atoms with Crippen molar-refractivity contribution in [2.75, 3.05) is 13.2 Å². The Balaban J connectivity index is 2.50. The highest BCUT2D eigenvalue weighted by molar-refractivity contribution is 7.92. The lowest BCUT2D eigenvalue weighted by atomic mass is 10.1. The number of rotatable bonds is 3. The van der Waals surface area contributed by atoms with Gasteiger partial charge < -0.3 is 9.84 Å². The summed E-state index contributed by atoms with van der Waals surface area (Å²) in [5, 5.41) is 8.55. The molecule has 0 saturated carbocycles. The molecule has 2 rings (SSSR count). The molecule has 1 N–H and O–H groups in total. The van der Waals surface area contributed by atoms with Crippen LogP contribution in [0.2, 0.25) is 0 Å². The van der Waals surface area contributed by atoms with Gasteiger partial charge in [0.2, 0.25) is 0 Å². The summed E-state index contributed by atoms with van der Waals surface area (Å²) in [5.74, 6) is -1.11. The first-order valence-corrected chi connectivity index (χ1v) is 8.05. The first kappa shape index (κ1) is 15.0. The lowest BCUT2D eigenvalue weighted by molar-refractivity contribution is 0.0696. The van der Waals surface area contributed by atoms with Crippen LogP contribution < -0.4 is 0 Å². The van der Waals surface area contributed by atoms with Crippen LogP contribution in [0.4, 0.5) is 0 Å². The number of carboxylic acids is 1. The summed E-state index contributed by atoms with van der Waals surface area (Å²) in [4.78, 5) is 11.3. The molecule has 1 aliphatic heterocycles. The van der Waals surface area contributed by atoms with Crippen LogP contribution >= 0.6 is 0 Å².